The van der Waals surface area contributed by atoms with Crippen molar-refractivity contribution < 1.29 is 9.53 Å². The van der Waals surface area contributed by atoms with Crippen molar-refractivity contribution in [1.29, 1.82) is 0 Å². The van der Waals surface area contributed by atoms with Crippen molar-refractivity contribution in [3.8, 4) is 5.75 Å². The molecule has 154 valence electrons. The van der Waals surface area contributed by atoms with Crippen LogP contribution in [0.25, 0.3) is 0 Å². The highest BCUT2D eigenvalue weighted by Crippen LogP contribution is 2.26. The minimum atomic E-state index is 0.0964. The number of amides is 1. The maximum Gasteiger partial charge on any atom is 0.234 e. The van der Waals surface area contributed by atoms with Crippen molar-refractivity contribution in [1.82, 2.24) is 15.1 Å². The van der Waals surface area contributed by atoms with Crippen molar-refractivity contribution in [2.45, 2.75) is 19.4 Å². The SMILES string of the molecule is O=C(CN1CCN(Cc2ccc3c(c2)CCO3)CC1)NCCc1cccc(Cl)c1. The largest absolute Gasteiger partial charge is 0.493 e. The van der Waals surface area contributed by atoms with Gasteiger partial charge in [0.15, 0.2) is 0 Å². The number of carbonyl (C=O) groups is 1. The molecule has 4 rings (SSSR count). The molecule has 1 saturated heterocycles. The molecule has 0 saturated carbocycles. The van der Waals surface area contributed by atoms with Gasteiger partial charge in [-0.2, -0.15) is 0 Å². The Morgan fingerprint density at radius 3 is 2.69 bits per heavy atom. The number of halogens is 1. The molecule has 0 bridgehead atoms. The summed E-state index contributed by atoms with van der Waals surface area (Å²) in [6, 6.07) is 14.3. The van der Waals surface area contributed by atoms with Crippen molar-refractivity contribution in [2.24, 2.45) is 0 Å². The summed E-state index contributed by atoms with van der Waals surface area (Å²) in [5, 5.41) is 3.76. The zero-order chi connectivity index (χ0) is 20.1. The lowest BCUT2D eigenvalue weighted by atomic mass is 10.1. The molecular formula is C23H28ClN3O2. The summed E-state index contributed by atoms with van der Waals surface area (Å²) in [6.07, 6.45) is 1.81. The second kappa shape index (κ2) is 9.61. The Bertz CT molecular complexity index is 850. The van der Waals surface area contributed by atoms with Crippen LogP contribution in [-0.4, -0.2) is 61.6 Å². The van der Waals surface area contributed by atoms with Crippen LogP contribution in [0.4, 0.5) is 0 Å². The summed E-state index contributed by atoms with van der Waals surface area (Å²) in [5.41, 5.74) is 3.82. The third-order valence-electron chi connectivity index (χ3n) is 5.62. The quantitative estimate of drug-likeness (QED) is 0.758. The molecule has 2 aromatic rings. The lowest BCUT2D eigenvalue weighted by Gasteiger charge is -2.34. The molecule has 0 radical (unpaired) electrons. The van der Waals surface area contributed by atoms with Gasteiger partial charge in [-0.15, -0.1) is 0 Å². The molecule has 2 heterocycles. The summed E-state index contributed by atoms with van der Waals surface area (Å²) >= 11 is 6.00. The maximum absolute atomic E-state index is 12.2. The summed E-state index contributed by atoms with van der Waals surface area (Å²) in [7, 11) is 0. The number of carbonyl (C=O) groups excluding carboxylic acids is 1. The van der Waals surface area contributed by atoms with Crippen molar-refractivity contribution >= 4 is 17.5 Å². The average Bonchev–Trinajstić information content (AvgIpc) is 3.17. The van der Waals surface area contributed by atoms with Crippen LogP contribution in [0.1, 0.15) is 16.7 Å². The van der Waals surface area contributed by atoms with Crippen LogP contribution < -0.4 is 10.1 Å². The van der Waals surface area contributed by atoms with Gasteiger partial charge in [0.2, 0.25) is 5.91 Å². The molecular weight excluding hydrogens is 386 g/mol. The third-order valence-corrected chi connectivity index (χ3v) is 5.85. The molecule has 6 heteroatoms. The maximum atomic E-state index is 12.2. The number of nitrogens with one attached hydrogen (secondary N) is 1. The lowest BCUT2D eigenvalue weighted by Crippen LogP contribution is -2.49. The van der Waals surface area contributed by atoms with Gasteiger partial charge in [0.25, 0.3) is 0 Å². The topological polar surface area (TPSA) is 44.8 Å². The smallest absolute Gasteiger partial charge is 0.234 e. The molecule has 5 nitrogen and oxygen atoms in total. The molecule has 2 aromatic carbocycles. The van der Waals surface area contributed by atoms with E-state index in [1.807, 2.05) is 24.3 Å². The summed E-state index contributed by atoms with van der Waals surface area (Å²) < 4.78 is 5.59. The molecule has 1 fully saturated rings. The van der Waals surface area contributed by atoms with Gasteiger partial charge in [-0.05, 0) is 41.3 Å². The third kappa shape index (κ3) is 5.72. The molecule has 0 atom stereocenters. The second-order valence-corrected chi connectivity index (χ2v) is 8.26. The van der Waals surface area contributed by atoms with Crippen LogP contribution in [0.3, 0.4) is 0 Å². The molecule has 29 heavy (non-hydrogen) atoms. The molecule has 0 unspecified atom stereocenters. The van der Waals surface area contributed by atoms with Crippen LogP contribution in [0.5, 0.6) is 5.75 Å². The van der Waals surface area contributed by atoms with Crippen molar-refractivity contribution in [2.75, 3.05) is 45.9 Å². The zero-order valence-corrected chi connectivity index (χ0v) is 17.5. The van der Waals surface area contributed by atoms with Gasteiger partial charge < -0.3 is 10.1 Å². The fourth-order valence-corrected chi connectivity index (χ4v) is 4.21. The molecule has 0 aromatic heterocycles. The number of hydrogen-bond acceptors (Lipinski definition) is 4. The van der Waals surface area contributed by atoms with Gasteiger partial charge >= 0.3 is 0 Å². The molecule has 2 aliphatic heterocycles. The fourth-order valence-electron chi connectivity index (χ4n) is 4.00. The first kappa shape index (κ1) is 20.2. The normalized spacial score (nSPS) is 17.0. The monoisotopic (exact) mass is 413 g/mol. The fraction of sp³-hybridized carbons (Fsp3) is 0.435. The Kier molecular flexibility index (Phi) is 6.70. The summed E-state index contributed by atoms with van der Waals surface area (Å²) in [5.74, 6) is 1.14. The van der Waals surface area contributed by atoms with E-state index in [9.17, 15) is 4.79 Å². The summed E-state index contributed by atoms with van der Waals surface area (Å²) in [4.78, 5) is 16.9. The van der Waals surface area contributed by atoms with Gasteiger partial charge in [-0.25, -0.2) is 0 Å². The van der Waals surface area contributed by atoms with E-state index >= 15 is 0 Å². The predicted octanol–water partition coefficient (Wildman–Crippen LogP) is 2.75. The van der Waals surface area contributed by atoms with Gasteiger partial charge in [0, 0.05) is 50.7 Å². The first-order valence-electron chi connectivity index (χ1n) is 10.4. The number of ether oxygens (including phenoxy) is 1. The number of rotatable bonds is 7. The van der Waals surface area contributed by atoms with Crippen LogP contribution in [0.2, 0.25) is 5.02 Å². The van der Waals surface area contributed by atoms with Crippen LogP contribution in [-0.2, 0) is 24.2 Å². The molecule has 0 spiro atoms. The van der Waals surface area contributed by atoms with Crippen LogP contribution in [0.15, 0.2) is 42.5 Å². The van der Waals surface area contributed by atoms with Crippen molar-refractivity contribution in [3.05, 3.63) is 64.2 Å². The second-order valence-electron chi connectivity index (χ2n) is 7.82. The highest BCUT2D eigenvalue weighted by Gasteiger charge is 2.20. The van der Waals surface area contributed by atoms with E-state index in [2.05, 4.69) is 33.3 Å². The molecule has 1 N–H and O–H groups in total. The Labute approximate surface area is 177 Å². The van der Waals surface area contributed by atoms with E-state index < -0.39 is 0 Å². The standard InChI is InChI=1S/C23H28ClN3O2/c24-21-3-1-2-18(15-21)6-8-25-23(28)17-27-11-9-26(10-12-27)16-19-4-5-22-20(14-19)7-13-29-22/h1-5,14-15H,6-13,16-17H2,(H,25,28). The van der Waals surface area contributed by atoms with E-state index in [-0.39, 0.29) is 5.91 Å². The molecule has 1 amide bonds. The minimum absolute atomic E-state index is 0.0964. The first-order valence-corrected chi connectivity index (χ1v) is 10.7. The van der Waals surface area contributed by atoms with Crippen LogP contribution >= 0.6 is 11.6 Å². The van der Waals surface area contributed by atoms with Gasteiger partial charge in [0.05, 0.1) is 13.2 Å². The number of piperazine rings is 1. The van der Waals surface area contributed by atoms with Gasteiger partial charge in [-0.3, -0.25) is 14.6 Å². The lowest BCUT2D eigenvalue weighted by molar-refractivity contribution is -0.122. The van der Waals surface area contributed by atoms with Crippen molar-refractivity contribution in [3.63, 3.8) is 0 Å². The Morgan fingerprint density at radius 2 is 1.86 bits per heavy atom. The zero-order valence-electron chi connectivity index (χ0n) is 16.7. The Balaban J connectivity index is 1.15. The van der Waals surface area contributed by atoms with E-state index in [4.69, 9.17) is 16.3 Å². The number of hydrogen-bond donors (Lipinski definition) is 1. The molecule has 0 aliphatic carbocycles. The molecule has 2 aliphatic rings. The van der Waals surface area contributed by atoms with Gasteiger partial charge in [-0.1, -0.05) is 35.9 Å². The van der Waals surface area contributed by atoms with E-state index in [1.54, 1.807) is 0 Å². The Morgan fingerprint density at radius 1 is 1.03 bits per heavy atom. The average molecular weight is 414 g/mol. The number of benzene rings is 2. The van der Waals surface area contributed by atoms with E-state index in [0.717, 1.165) is 68.5 Å². The predicted molar refractivity (Wildman–Crippen MR) is 116 cm³/mol. The Hall–Kier alpha value is -2.08. The summed E-state index contributed by atoms with van der Waals surface area (Å²) in [6.45, 7) is 6.71. The number of fused-ring (bicyclic) bond motifs is 1. The number of nitrogens with zero attached hydrogens (tertiary/aromatic N) is 2. The van der Waals surface area contributed by atoms with Gasteiger partial charge in [0.1, 0.15) is 5.75 Å². The van der Waals surface area contributed by atoms with Crippen LogP contribution in [0, 0.1) is 0 Å². The van der Waals surface area contributed by atoms with E-state index in [1.165, 1.54) is 11.1 Å². The van der Waals surface area contributed by atoms with E-state index in [0.29, 0.717) is 13.1 Å². The highest BCUT2D eigenvalue weighted by atomic mass is 35.5. The first-order chi connectivity index (χ1) is 14.2. The minimum Gasteiger partial charge on any atom is -0.493 e. The highest BCUT2D eigenvalue weighted by molar-refractivity contribution is 6.30.